The third-order valence-corrected chi connectivity index (χ3v) is 4.28. The second-order valence-corrected chi connectivity index (χ2v) is 6.01. The van der Waals surface area contributed by atoms with E-state index < -0.39 is 0 Å². The van der Waals surface area contributed by atoms with E-state index in [0.29, 0.717) is 32.3 Å². The van der Waals surface area contributed by atoms with Crippen molar-refractivity contribution in [2.75, 3.05) is 0 Å². The zero-order valence-electron chi connectivity index (χ0n) is 12.5. The summed E-state index contributed by atoms with van der Waals surface area (Å²) in [4.78, 5) is 25.2. The molecule has 0 saturated heterocycles. The van der Waals surface area contributed by atoms with Crippen LogP contribution in [-0.4, -0.2) is 11.6 Å². The maximum atomic E-state index is 12.6. The van der Waals surface area contributed by atoms with Gasteiger partial charge in [0.2, 0.25) is 0 Å². The Morgan fingerprint density at radius 1 is 0.583 bits per heavy atom. The molecule has 0 unspecified atom stereocenters. The lowest BCUT2D eigenvalue weighted by Crippen LogP contribution is -2.06. The van der Waals surface area contributed by atoms with Crippen molar-refractivity contribution in [2.24, 2.45) is 0 Å². The second kappa shape index (κ2) is 7.00. The number of ketones is 2. The highest BCUT2D eigenvalue weighted by Crippen LogP contribution is 2.22. The highest BCUT2D eigenvalue weighted by atomic mass is 35.5. The zero-order valence-corrected chi connectivity index (χ0v) is 14.0. The van der Waals surface area contributed by atoms with E-state index in [1.165, 1.54) is 0 Å². The standard InChI is InChI=1S/C20H12Cl2O2/c21-17-10-3-1-8-15(17)19(23)13-6-5-7-14(12-13)20(24)16-9-2-4-11-18(16)22/h1-12H. The fourth-order valence-electron chi connectivity index (χ4n) is 2.40. The maximum absolute atomic E-state index is 12.6. The van der Waals surface area contributed by atoms with Crippen molar-refractivity contribution in [3.8, 4) is 0 Å². The lowest BCUT2D eigenvalue weighted by Gasteiger charge is -2.07. The van der Waals surface area contributed by atoms with Crippen molar-refractivity contribution in [1.29, 1.82) is 0 Å². The predicted molar refractivity (Wildman–Crippen MR) is 96.2 cm³/mol. The molecular formula is C20H12Cl2O2. The Balaban J connectivity index is 1.98. The third-order valence-electron chi connectivity index (χ3n) is 3.62. The van der Waals surface area contributed by atoms with Crippen LogP contribution in [-0.2, 0) is 0 Å². The van der Waals surface area contributed by atoms with Crippen LogP contribution in [0.15, 0.2) is 72.8 Å². The molecular weight excluding hydrogens is 343 g/mol. The SMILES string of the molecule is O=C(c1cccc(C(=O)c2ccccc2Cl)c1)c1ccccc1Cl. The predicted octanol–water partition coefficient (Wildman–Crippen LogP) is 5.46. The number of hydrogen-bond donors (Lipinski definition) is 0. The van der Waals surface area contributed by atoms with E-state index in [2.05, 4.69) is 0 Å². The normalized spacial score (nSPS) is 10.4. The van der Waals surface area contributed by atoms with Crippen LogP contribution in [0.1, 0.15) is 31.8 Å². The van der Waals surface area contributed by atoms with E-state index in [9.17, 15) is 9.59 Å². The van der Waals surface area contributed by atoms with Gasteiger partial charge in [0.15, 0.2) is 11.6 Å². The molecule has 0 spiro atoms. The Morgan fingerprint density at radius 2 is 1.00 bits per heavy atom. The summed E-state index contributed by atoms with van der Waals surface area (Å²) in [6, 6.07) is 20.2. The molecule has 3 rings (SSSR count). The van der Waals surface area contributed by atoms with E-state index in [1.807, 2.05) is 0 Å². The fraction of sp³-hybridized carbons (Fsp3) is 0. The van der Waals surface area contributed by atoms with E-state index in [-0.39, 0.29) is 11.6 Å². The molecule has 0 fully saturated rings. The van der Waals surface area contributed by atoms with Gasteiger partial charge in [0.25, 0.3) is 0 Å². The zero-order chi connectivity index (χ0) is 17.1. The molecule has 0 radical (unpaired) electrons. The number of benzene rings is 3. The molecule has 0 aliphatic rings. The summed E-state index contributed by atoms with van der Waals surface area (Å²) in [6.45, 7) is 0. The Labute approximate surface area is 149 Å². The van der Waals surface area contributed by atoms with Gasteiger partial charge in [0.05, 0.1) is 10.0 Å². The summed E-state index contributed by atoms with van der Waals surface area (Å²) in [7, 11) is 0. The van der Waals surface area contributed by atoms with Crippen LogP contribution < -0.4 is 0 Å². The number of carbonyl (C=O) groups is 2. The van der Waals surface area contributed by atoms with Gasteiger partial charge in [-0.05, 0) is 30.3 Å². The number of halogens is 2. The summed E-state index contributed by atoms with van der Waals surface area (Å²) in [5.41, 5.74) is 1.62. The maximum Gasteiger partial charge on any atom is 0.194 e. The number of rotatable bonds is 4. The minimum atomic E-state index is -0.227. The van der Waals surface area contributed by atoms with Gasteiger partial charge in [-0.3, -0.25) is 9.59 Å². The molecule has 0 N–H and O–H groups in total. The first-order chi connectivity index (χ1) is 11.6. The third kappa shape index (κ3) is 3.25. The summed E-state index contributed by atoms with van der Waals surface area (Å²) in [6.07, 6.45) is 0. The lowest BCUT2D eigenvalue weighted by atomic mass is 9.97. The first-order valence-corrected chi connectivity index (χ1v) is 8.02. The molecule has 3 aromatic carbocycles. The molecule has 118 valence electrons. The molecule has 0 saturated carbocycles. The van der Waals surface area contributed by atoms with Crippen molar-refractivity contribution >= 4 is 34.8 Å². The highest BCUT2D eigenvalue weighted by molar-refractivity contribution is 6.35. The molecule has 0 aliphatic heterocycles. The van der Waals surface area contributed by atoms with E-state index in [0.717, 1.165) is 0 Å². The van der Waals surface area contributed by atoms with E-state index in [1.54, 1.807) is 72.8 Å². The number of hydrogen-bond acceptors (Lipinski definition) is 2. The molecule has 0 aliphatic carbocycles. The molecule has 0 amide bonds. The molecule has 0 bridgehead atoms. The van der Waals surface area contributed by atoms with E-state index in [4.69, 9.17) is 23.2 Å². The van der Waals surface area contributed by atoms with Crippen LogP contribution in [0, 0.1) is 0 Å². The van der Waals surface area contributed by atoms with Crippen LogP contribution >= 0.6 is 23.2 Å². The van der Waals surface area contributed by atoms with Gasteiger partial charge >= 0.3 is 0 Å². The van der Waals surface area contributed by atoms with Crippen LogP contribution in [0.5, 0.6) is 0 Å². The summed E-state index contributed by atoms with van der Waals surface area (Å²) < 4.78 is 0. The van der Waals surface area contributed by atoms with Crippen molar-refractivity contribution in [2.45, 2.75) is 0 Å². The average Bonchev–Trinajstić information content (AvgIpc) is 2.61. The lowest BCUT2D eigenvalue weighted by molar-refractivity contribution is 0.103. The van der Waals surface area contributed by atoms with Crippen molar-refractivity contribution in [3.63, 3.8) is 0 Å². The highest BCUT2D eigenvalue weighted by Gasteiger charge is 2.16. The van der Waals surface area contributed by atoms with Crippen LogP contribution in [0.3, 0.4) is 0 Å². The minimum absolute atomic E-state index is 0.227. The molecule has 0 aromatic heterocycles. The first-order valence-electron chi connectivity index (χ1n) is 7.26. The summed E-state index contributed by atoms with van der Waals surface area (Å²) in [5, 5.41) is 0.760. The van der Waals surface area contributed by atoms with Gasteiger partial charge in [-0.2, -0.15) is 0 Å². The van der Waals surface area contributed by atoms with Crippen molar-refractivity contribution in [3.05, 3.63) is 105 Å². The van der Waals surface area contributed by atoms with Crippen LogP contribution in [0.2, 0.25) is 10.0 Å². The van der Waals surface area contributed by atoms with Gasteiger partial charge in [-0.1, -0.05) is 65.7 Å². The summed E-state index contributed by atoms with van der Waals surface area (Å²) >= 11 is 12.2. The Hall–Kier alpha value is -2.42. The van der Waals surface area contributed by atoms with Crippen molar-refractivity contribution < 1.29 is 9.59 Å². The number of carbonyl (C=O) groups excluding carboxylic acids is 2. The van der Waals surface area contributed by atoms with E-state index >= 15 is 0 Å². The van der Waals surface area contributed by atoms with Crippen molar-refractivity contribution in [1.82, 2.24) is 0 Å². The molecule has 0 atom stereocenters. The second-order valence-electron chi connectivity index (χ2n) is 5.20. The fourth-order valence-corrected chi connectivity index (χ4v) is 2.85. The van der Waals surface area contributed by atoms with Gasteiger partial charge in [0.1, 0.15) is 0 Å². The molecule has 0 heterocycles. The Kier molecular flexibility index (Phi) is 4.79. The smallest absolute Gasteiger partial charge is 0.194 e. The molecule has 3 aromatic rings. The molecule has 24 heavy (non-hydrogen) atoms. The molecule has 4 heteroatoms. The van der Waals surface area contributed by atoms with Gasteiger partial charge in [-0.25, -0.2) is 0 Å². The topological polar surface area (TPSA) is 34.1 Å². The quantitative estimate of drug-likeness (QED) is 0.583. The van der Waals surface area contributed by atoms with Gasteiger partial charge in [0, 0.05) is 22.3 Å². The van der Waals surface area contributed by atoms with Gasteiger partial charge in [-0.15, -0.1) is 0 Å². The Bertz CT molecular complexity index is 859. The minimum Gasteiger partial charge on any atom is -0.289 e. The molecule has 2 nitrogen and oxygen atoms in total. The van der Waals surface area contributed by atoms with Gasteiger partial charge < -0.3 is 0 Å². The summed E-state index contributed by atoms with van der Waals surface area (Å²) in [5.74, 6) is -0.455. The largest absolute Gasteiger partial charge is 0.289 e. The van der Waals surface area contributed by atoms with Crippen LogP contribution in [0.25, 0.3) is 0 Å². The first kappa shape index (κ1) is 16.4. The Morgan fingerprint density at radius 3 is 1.42 bits per heavy atom. The average molecular weight is 355 g/mol. The monoisotopic (exact) mass is 354 g/mol. The van der Waals surface area contributed by atoms with Crippen LogP contribution in [0.4, 0.5) is 0 Å².